The molecule has 0 bridgehead atoms. The summed E-state index contributed by atoms with van der Waals surface area (Å²) in [6.07, 6.45) is 0.459. The van der Waals surface area contributed by atoms with Gasteiger partial charge < -0.3 is 15.6 Å². The van der Waals surface area contributed by atoms with Crippen LogP contribution in [0.15, 0.2) is 10.5 Å². The lowest BCUT2D eigenvalue weighted by Gasteiger charge is -2.12. The lowest BCUT2D eigenvalue weighted by atomic mass is 10.1. The fourth-order valence-electron chi connectivity index (χ4n) is 1.33. The lowest BCUT2D eigenvalue weighted by molar-refractivity contribution is 0.347. The summed E-state index contributed by atoms with van der Waals surface area (Å²) >= 11 is 3.05. The Balaban J connectivity index is 3.24. The lowest BCUT2D eigenvalue weighted by Crippen LogP contribution is -2.18. The van der Waals surface area contributed by atoms with E-state index >= 15 is 0 Å². The molecule has 0 aromatic heterocycles. The normalized spacial score (nSPS) is 12.6. The van der Waals surface area contributed by atoms with Gasteiger partial charge in [-0.05, 0) is 35.3 Å². The highest BCUT2D eigenvalue weighted by atomic mass is 79.9. The van der Waals surface area contributed by atoms with Crippen LogP contribution in [0, 0.1) is 5.82 Å². The van der Waals surface area contributed by atoms with Crippen molar-refractivity contribution in [3.63, 3.8) is 0 Å². The minimum atomic E-state index is -0.608. The Morgan fingerprint density at radius 1 is 1.67 bits per heavy atom. The number of aromatic hydroxyl groups is 1. The maximum Gasteiger partial charge on any atom is 0.198 e. The molecule has 3 nitrogen and oxygen atoms in total. The topological polar surface area (TPSA) is 55.5 Å². The molecular formula is C10H13BrFNO2. The molecule has 1 aromatic rings. The number of methoxy groups -OCH3 is 1. The maximum atomic E-state index is 13.4. The van der Waals surface area contributed by atoms with E-state index in [1.165, 1.54) is 13.2 Å². The quantitative estimate of drug-likeness (QED) is 0.891. The first kappa shape index (κ1) is 12.3. The molecule has 84 valence electrons. The second-order valence-corrected chi connectivity index (χ2v) is 4.25. The van der Waals surface area contributed by atoms with Gasteiger partial charge >= 0.3 is 0 Å². The average molecular weight is 278 g/mol. The molecule has 3 N–H and O–H groups in total. The van der Waals surface area contributed by atoms with Crippen molar-refractivity contribution >= 4 is 15.9 Å². The monoisotopic (exact) mass is 277 g/mol. The third-order valence-corrected chi connectivity index (χ3v) is 2.55. The van der Waals surface area contributed by atoms with Crippen molar-refractivity contribution in [2.45, 2.75) is 19.4 Å². The molecule has 0 aliphatic heterocycles. The van der Waals surface area contributed by atoms with Gasteiger partial charge in [0.05, 0.1) is 11.6 Å². The molecule has 5 heteroatoms. The maximum absolute atomic E-state index is 13.4. The number of hydrogen-bond acceptors (Lipinski definition) is 3. The Morgan fingerprint density at radius 3 is 2.73 bits per heavy atom. The summed E-state index contributed by atoms with van der Waals surface area (Å²) in [5, 5.41) is 9.70. The summed E-state index contributed by atoms with van der Waals surface area (Å²) in [6, 6.07) is 1.40. The fourth-order valence-corrected chi connectivity index (χ4v) is 1.79. The van der Waals surface area contributed by atoms with Crippen LogP contribution in [0.4, 0.5) is 4.39 Å². The Kier molecular flexibility index (Phi) is 3.93. The third-order valence-electron chi connectivity index (χ3n) is 1.98. The van der Waals surface area contributed by atoms with E-state index in [1.54, 1.807) is 0 Å². The summed E-state index contributed by atoms with van der Waals surface area (Å²) < 4.78 is 18.5. The number of ether oxygens (including phenoxy) is 1. The second-order valence-electron chi connectivity index (χ2n) is 3.39. The zero-order valence-corrected chi connectivity index (χ0v) is 10.1. The summed E-state index contributed by atoms with van der Waals surface area (Å²) in [6.45, 7) is 1.81. The van der Waals surface area contributed by atoms with E-state index < -0.39 is 5.82 Å². The fraction of sp³-hybridized carbons (Fsp3) is 0.400. The van der Waals surface area contributed by atoms with E-state index in [-0.39, 0.29) is 22.0 Å². The molecule has 0 heterocycles. The zero-order valence-electron chi connectivity index (χ0n) is 8.55. The van der Waals surface area contributed by atoms with Crippen LogP contribution in [0.5, 0.6) is 11.5 Å². The number of nitrogens with two attached hydrogens (primary N) is 1. The van der Waals surface area contributed by atoms with Crippen molar-refractivity contribution < 1.29 is 14.2 Å². The molecule has 1 rings (SSSR count). The smallest absolute Gasteiger partial charge is 0.198 e. The summed E-state index contributed by atoms with van der Waals surface area (Å²) in [5.41, 5.74) is 6.18. The highest BCUT2D eigenvalue weighted by Crippen LogP contribution is 2.37. The first-order valence-corrected chi connectivity index (χ1v) is 5.26. The van der Waals surface area contributed by atoms with Crippen LogP contribution in [0.3, 0.4) is 0 Å². The molecule has 0 spiro atoms. The van der Waals surface area contributed by atoms with Gasteiger partial charge in [0.25, 0.3) is 0 Å². The minimum absolute atomic E-state index is 0.113. The molecule has 1 atom stereocenters. The van der Waals surface area contributed by atoms with Gasteiger partial charge in [-0.15, -0.1) is 0 Å². The van der Waals surface area contributed by atoms with Gasteiger partial charge in [-0.3, -0.25) is 0 Å². The van der Waals surface area contributed by atoms with Gasteiger partial charge in [0.1, 0.15) is 0 Å². The largest absolute Gasteiger partial charge is 0.504 e. The first-order valence-electron chi connectivity index (χ1n) is 4.46. The predicted molar refractivity (Wildman–Crippen MR) is 59.7 cm³/mol. The predicted octanol–water partition coefficient (Wildman–Crippen LogP) is 2.19. The highest BCUT2D eigenvalue weighted by molar-refractivity contribution is 9.10. The summed E-state index contributed by atoms with van der Waals surface area (Å²) in [5.74, 6) is -0.945. The van der Waals surface area contributed by atoms with Crippen LogP contribution in [0.1, 0.15) is 12.5 Å². The van der Waals surface area contributed by atoms with Gasteiger partial charge in [0.15, 0.2) is 17.3 Å². The summed E-state index contributed by atoms with van der Waals surface area (Å²) in [7, 11) is 1.31. The number of phenols is 1. The number of halogens is 2. The van der Waals surface area contributed by atoms with Gasteiger partial charge in [-0.2, -0.15) is 0 Å². The molecule has 0 saturated carbocycles. The van der Waals surface area contributed by atoms with Crippen LogP contribution in [-0.2, 0) is 6.42 Å². The Hall–Kier alpha value is -0.810. The molecule has 15 heavy (non-hydrogen) atoms. The molecule has 0 fully saturated rings. The van der Waals surface area contributed by atoms with Crippen LogP contribution in [0.25, 0.3) is 0 Å². The summed E-state index contributed by atoms with van der Waals surface area (Å²) in [4.78, 5) is 0. The van der Waals surface area contributed by atoms with E-state index in [2.05, 4.69) is 15.9 Å². The molecule has 0 aliphatic carbocycles. The second kappa shape index (κ2) is 4.81. The van der Waals surface area contributed by atoms with Gasteiger partial charge in [-0.1, -0.05) is 0 Å². The van der Waals surface area contributed by atoms with Gasteiger partial charge in [0.2, 0.25) is 0 Å². The number of benzene rings is 1. The van der Waals surface area contributed by atoms with Crippen LogP contribution in [0.2, 0.25) is 0 Å². The molecule has 1 aromatic carbocycles. The molecule has 1 unspecified atom stereocenters. The molecule has 0 amide bonds. The van der Waals surface area contributed by atoms with Crippen molar-refractivity contribution in [2.75, 3.05) is 7.11 Å². The van der Waals surface area contributed by atoms with Crippen LogP contribution < -0.4 is 10.5 Å². The van der Waals surface area contributed by atoms with Crippen molar-refractivity contribution in [1.29, 1.82) is 0 Å². The Morgan fingerprint density at radius 2 is 2.27 bits per heavy atom. The number of phenolic OH excluding ortho intramolecular Hbond substituents is 1. The minimum Gasteiger partial charge on any atom is -0.504 e. The van der Waals surface area contributed by atoms with Crippen molar-refractivity contribution in [1.82, 2.24) is 0 Å². The molecule has 0 saturated heterocycles. The molecular weight excluding hydrogens is 265 g/mol. The van der Waals surface area contributed by atoms with E-state index in [9.17, 15) is 9.50 Å². The Bertz CT molecular complexity index is 369. The van der Waals surface area contributed by atoms with Crippen molar-refractivity contribution in [3.8, 4) is 11.5 Å². The van der Waals surface area contributed by atoms with E-state index in [0.717, 1.165) is 0 Å². The standard InChI is InChI=1S/C10H13BrFNO2/c1-5(13)3-6-4-7(11)8(12)10(15-2)9(6)14/h4-5,14H,3,13H2,1-2H3. The third kappa shape index (κ3) is 2.60. The van der Waals surface area contributed by atoms with E-state index in [4.69, 9.17) is 10.5 Å². The van der Waals surface area contributed by atoms with Crippen LogP contribution >= 0.6 is 15.9 Å². The van der Waals surface area contributed by atoms with Crippen molar-refractivity contribution in [3.05, 3.63) is 21.9 Å². The Labute approximate surface area is 96.2 Å². The number of hydrogen-bond donors (Lipinski definition) is 2. The number of rotatable bonds is 3. The van der Waals surface area contributed by atoms with E-state index in [0.29, 0.717) is 12.0 Å². The first-order chi connectivity index (χ1) is 6.97. The van der Waals surface area contributed by atoms with Crippen molar-refractivity contribution in [2.24, 2.45) is 5.73 Å². The van der Waals surface area contributed by atoms with E-state index in [1.807, 2.05) is 6.92 Å². The van der Waals surface area contributed by atoms with Gasteiger partial charge in [-0.25, -0.2) is 4.39 Å². The SMILES string of the molecule is COc1c(O)c(CC(C)N)cc(Br)c1F. The van der Waals surface area contributed by atoms with Gasteiger partial charge in [0, 0.05) is 11.6 Å². The zero-order chi connectivity index (χ0) is 11.6. The average Bonchev–Trinajstić information content (AvgIpc) is 2.14. The van der Waals surface area contributed by atoms with Crippen LogP contribution in [-0.4, -0.2) is 18.3 Å². The highest BCUT2D eigenvalue weighted by Gasteiger charge is 2.17. The molecule has 0 aliphatic rings. The molecule has 0 radical (unpaired) electrons.